The summed E-state index contributed by atoms with van der Waals surface area (Å²) < 4.78 is 53.3. The van der Waals surface area contributed by atoms with E-state index in [4.69, 9.17) is 9.47 Å². The van der Waals surface area contributed by atoms with E-state index < -0.39 is 21.9 Å². The van der Waals surface area contributed by atoms with E-state index in [2.05, 4.69) is 21.6 Å². The topological polar surface area (TPSA) is 71.1 Å². The first-order valence-corrected chi connectivity index (χ1v) is 11.2. The normalized spacial score (nSPS) is 16.4. The molecule has 0 aromatic heterocycles. The van der Waals surface area contributed by atoms with E-state index >= 15 is 0 Å². The van der Waals surface area contributed by atoms with Crippen molar-refractivity contribution in [1.82, 2.24) is 9.62 Å². The number of nitrogens with zero attached hydrogens (tertiary/aromatic N) is 2. The summed E-state index contributed by atoms with van der Waals surface area (Å²) in [6.07, 6.45) is 0. The molecule has 7 nitrogen and oxygen atoms in total. The predicted molar refractivity (Wildman–Crippen MR) is 114 cm³/mol. The molecular formula is C21H28FN3O4S. The highest BCUT2D eigenvalue weighted by atomic mass is 32.2. The van der Waals surface area contributed by atoms with Crippen molar-refractivity contribution in [1.29, 1.82) is 0 Å². The Morgan fingerprint density at radius 1 is 1.03 bits per heavy atom. The Morgan fingerprint density at radius 2 is 1.73 bits per heavy atom. The number of anilines is 1. The summed E-state index contributed by atoms with van der Waals surface area (Å²) in [6, 6.07) is 8.42. The molecule has 1 N–H and O–H groups in total. The molecule has 1 heterocycles. The van der Waals surface area contributed by atoms with Gasteiger partial charge in [0.25, 0.3) is 0 Å². The lowest BCUT2D eigenvalue weighted by Crippen LogP contribution is -2.45. The second-order valence-corrected chi connectivity index (χ2v) is 9.04. The molecule has 1 saturated heterocycles. The van der Waals surface area contributed by atoms with Gasteiger partial charge in [-0.25, -0.2) is 17.5 Å². The van der Waals surface area contributed by atoms with Gasteiger partial charge in [0.15, 0.2) is 0 Å². The Balaban J connectivity index is 1.92. The van der Waals surface area contributed by atoms with Crippen molar-refractivity contribution in [2.45, 2.75) is 17.9 Å². The van der Waals surface area contributed by atoms with Crippen LogP contribution >= 0.6 is 0 Å². The highest BCUT2D eigenvalue weighted by Crippen LogP contribution is 2.32. The van der Waals surface area contributed by atoms with Crippen LogP contribution in [0.15, 0.2) is 41.3 Å². The van der Waals surface area contributed by atoms with Gasteiger partial charge in [-0.15, -0.1) is 0 Å². The molecule has 2 aromatic rings. The monoisotopic (exact) mass is 437 g/mol. The first-order valence-electron chi connectivity index (χ1n) is 9.72. The molecule has 30 heavy (non-hydrogen) atoms. The van der Waals surface area contributed by atoms with E-state index in [0.717, 1.165) is 31.9 Å². The fourth-order valence-electron chi connectivity index (χ4n) is 3.56. The number of likely N-dealkylation sites (N-methyl/N-ethyl adjacent to an activating group) is 1. The summed E-state index contributed by atoms with van der Waals surface area (Å²) in [5.41, 5.74) is 1.42. The van der Waals surface area contributed by atoms with Crippen molar-refractivity contribution in [3.63, 3.8) is 0 Å². The van der Waals surface area contributed by atoms with E-state index in [1.54, 1.807) is 19.1 Å². The number of rotatable bonds is 7. The van der Waals surface area contributed by atoms with E-state index in [1.807, 2.05) is 0 Å². The van der Waals surface area contributed by atoms with Crippen molar-refractivity contribution in [2.24, 2.45) is 0 Å². The first kappa shape index (κ1) is 22.3. The fraction of sp³-hybridized carbons (Fsp3) is 0.429. The van der Waals surface area contributed by atoms with Gasteiger partial charge >= 0.3 is 0 Å². The zero-order valence-corrected chi connectivity index (χ0v) is 18.5. The molecule has 1 aliphatic rings. The van der Waals surface area contributed by atoms with Crippen LogP contribution in [0.25, 0.3) is 0 Å². The van der Waals surface area contributed by atoms with Gasteiger partial charge in [0.05, 0.1) is 14.2 Å². The van der Waals surface area contributed by atoms with Crippen LogP contribution in [0.5, 0.6) is 11.5 Å². The van der Waals surface area contributed by atoms with Gasteiger partial charge in [0.1, 0.15) is 22.2 Å². The molecule has 164 valence electrons. The summed E-state index contributed by atoms with van der Waals surface area (Å²) in [5.74, 6) is 0.189. The highest BCUT2D eigenvalue weighted by Gasteiger charge is 2.26. The van der Waals surface area contributed by atoms with Crippen molar-refractivity contribution < 1.29 is 22.3 Å². The molecule has 0 aliphatic carbocycles. The number of hydrogen-bond donors (Lipinski definition) is 1. The Bertz CT molecular complexity index is 992. The Kier molecular flexibility index (Phi) is 6.84. The number of nitrogens with one attached hydrogen (secondary N) is 1. The van der Waals surface area contributed by atoms with Crippen LogP contribution in [-0.2, 0) is 10.0 Å². The molecule has 0 amide bonds. The molecule has 2 aromatic carbocycles. The molecule has 1 atom stereocenters. The standard InChI is InChI=1S/C21H28FN3O4S/c1-15(23-30(26,27)21-14-17(28-3)6-8-20(21)29-4)18-13-16(22)5-7-19(18)25-11-9-24(2)10-12-25/h5-8,13-15,23H,9-12H2,1-4H3. The number of benzene rings is 2. The number of piperazine rings is 1. The average Bonchev–Trinajstić information content (AvgIpc) is 2.73. The Labute approximate surface area is 177 Å². The van der Waals surface area contributed by atoms with Gasteiger partial charge in [-0.05, 0) is 49.9 Å². The minimum absolute atomic E-state index is 0.0336. The Morgan fingerprint density at radius 3 is 2.37 bits per heavy atom. The third-order valence-corrected chi connectivity index (χ3v) is 6.85. The number of hydrogen-bond acceptors (Lipinski definition) is 6. The minimum Gasteiger partial charge on any atom is -0.497 e. The quantitative estimate of drug-likeness (QED) is 0.718. The second-order valence-electron chi connectivity index (χ2n) is 7.35. The molecule has 0 saturated carbocycles. The third-order valence-electron chi connectivity index (χ3n) is 5.29. The van der Waals surface area contributed by atoms with Crippen LogP contribution in [0.3, 0.4) is 0 Å². The molecule has 1 fully saturated rings. The molecule has 0 radical (unpaired) electrons. The van der Waals surface area contributed by atoms with Gasteiger partial charge in [-0.3, -0.25) is 0 Å². The summed E-state index contributed by atoms with van der Waals surface area (Å²) in [5, 5.41) is 0. The zero-order valence-electron chi connectivity index (χ0n) is 17.7. The van der Waals surface area contributed by atoms with Crippen molar-refractivity contribution in [3.05, 3.63) is 47.8 Å². The van der Waals surface area contributed by atoms with Crippen LogP contribution in [0.4, 0.5) is 10.1 Å². The lowest BCUT2D eigenvalue weighted by molar-refractivity contribution is 0.312. The van der Waals surface area contributed by atoms with Crippen molar-refractivity contribution >= 4 is 15.7 Å². The van der Waals surface area contributed by atoms with Crippen LogP contribution in [0.1, 0.15) is 18.5 Å². The van der Waals surface area contributed by atoms with Crippen LogP contribution in [0, 0.1) is 5.82 Å². The zero-order chi connectivity index (χ0) is 21.9. The minimum atomic E-state index is -3.96. The molecule has 1 unspecified atom stereocenters. The van der Waals surface area contributed by atoms with E-state index in [-0.39, 0.29) is 10.6 Å². The molecule has 0 bridgehead atoms. The number of methoxy groups -OCH3 is 2. The largest absolute Gasteiger partial charge is 0.497 e. The van der Waals surface area contributed by atoms with Crippen molar-refractivity contribution in [3.8, 4) is 11.5 Å². The van der Waals surface area contributed by atoms with E-state index in [9.17, 15) is 12.8 Å². The van der Waals surface area contributed by atoms with Crippen LogP contribution in [0.2, 0.25) is 0 Å². The van der Waals surface area contributed by atoms with Gasteiger partial charge in [-0.2, -0.15) is 0 Å². The first-order chi connectivity index (χ1) is 14.2. The molecule has 0 spiro atoms. The lowest BCUT2D eigenvalue weighted by Gasteiger charge is -2.36. The van der Waals surface area contributed by atoms with E-state index in [1.165, 1.54) is 38.5 Å². The SMILES string of the molecule is COc1ccc(OC)c(S(=O)(=O)NC(C)c2cc(F)ccc2N2CCN(C)CC2)c1. The molecule has 3 rings (SSSR count). The molecule has 1 aliphatic heterocycles. The Hall–Kier alpha value is -2.36. The van der Waals surface area contributed by atoms with Crippen LogP contribution in [-0.4, -0.2) is 60.8 Å². The van der Waals surface area contributed by atoms with Crippen LogP contribution < -0.4 is 19.1 Å². The fourth-order valence-corrected chi connectivity index (χ4v) is 4.97. The third kappa shape index (κ3) is 4.85. The lowest BCUT2D eigenvalue weighted by atomic mass is 10.0. The van der Waals surface area contributed by atoms with Crippen molar-refractivity contribution in [2.75, 3.05) is 52.3 Å². The molecular weight excluding hydrogens is 409 g/mol. The van der Waals surface area contributed by atoms with Gasteiger partial charge in [0, 0.05) is 44.0 Å². The van der Waals surface area contributed by atoms with E-state index in [0.29, 0.717) is 11.3 Å². The number of ether oxygens (including phenoxy) is 2. The number of halogens is 1. The summed E-state index contributed by atoms with van der Waals surface area (Å²) in [7, 11) is 0.967. The average molecular weight is 438 g/mol. The van der Waals surface area contributed by atoms with Gasteiger partial charge < -0.3 is 19.3 Å². The highest BCUT2D eigenvalue weighted by molar-refractivity contribution is 7.89. The maximum Gasteiger partial charge on any atom is 0.244 e. The van der Waals surface area contributed by atoms with Gasteiger partial charge in [0.2, 0.25) is 10.0 Å². The summed E-state index contributed by atoms with van der Waals surface area (Å²) >= 11 is 0. The summed E-state index contributed by atoms with van der Waals surface area (Å²) in [4.78, 5) is 4.35. The maximum atomic E-state index is 14.1. The summed E-state index contributed by atoms with van der Waals surface area (Å²) in [6.45, 7) is 5.06. The maximum absolute atomic E-state index is 14.1. The number of sulfonamides is 1. The predicted octanol–water partition coefficient (Wildman–Crippen LogP) is 2.63. The second kappa shape index (κ2) is 9.20. The smallest absolute Gasteiger partial charge is 0.244 e. The molecule has 9 heteroatoms. The van der Waals surface area contributed by atoms with Gasteiger partial charge in [-0.1, -0.05) is 0 Å².